The topological polar surface area (TPSA) is 94.7 Å². The molecule has 13 heteroatoms. The molecule has 1 N–H and O–H groups in total. The Bertz CT molecular complexity index is 1990. The molecule has 0 radical (unpaired) electrons. The van der Waals surface area contributed by atoms with Crippen molar-refractivity contribution in [1.29, 1.82) is 0 Å². The number of anilines is 1. The molecule has 0 saturated heterocycles. The summed E-state index contributed by atoms with van der Waals surface area (Å²) in [6, 6.07) is 5.69. The number of halogens is 5. The molecule has 0 aliphatic rings. The molecular formula is C31H29F5N6O2. The zero-order valence-electron chi connectivity index (χ0n) is 24.7. The van der Waals surface area contributed by atoms with E-state index in [4.69, 9.17) is 0 Å². The molecule has 1 atom stereocenters. The lowest BCUT2D eigenvalue weighted by Gasteiger charge is -2.21. The zero-order chi connectivity index (χ0) is 32.5. The first-order valence-corrected chi connectivity index (χ1v) is 13.6. The van der Waals surface area contributed by atoms with Crippen LogP contribution in [-0.4, -0.2) is 24.3 Å². The van der Waals surface area contributed by atoms with Crippen LogP contribution in [-0.2, 0) is 7.05 Å². The molecule has 0 spiro atoms. The minimum Gasteiger partial charge on any atom is -0.378 e. The summed E-state index contributed by atoms with van der Waals surface area (Å²) in [5, 5.41) is 7.16. The van der Waals surface area contributed by atoms with Gasteiger partial charge >= 0.3 is 0 Å². The standard InChI is InChI=1S/C29H23F5N6O2.C2H6/c1-13(38-22-6-5-21(31)27(32)26(22)28(33)34)18-8-17(30)9-20-19(18)10-23(39(4)29(20)42)16-7-25(41)40(36-11-16)24-12-35-15(3)37-14(24)2;1-2/h5-13,28,38H,1-4H3;1-2H3. The lowest BCUT2D eigenvalue weighted by molar-refractivity contribution is 0.146. The lowest BCUT2D eigenvalue weighted by atomic mass is 9.98. The zero-order valence-corrected chi connectivity index (χ0v) is 24.7. The third-order valence-electron chi connectivity index (χ3n) is 6.94. The van der Waals surface area contributed by atoms with Crippen LogP contribution in [0.2, 0.25) is 0 Å². The van der Waals surface area contributed by atoms with Gasteiger partial charge in [-0.1, -0.05) is 13.8 Å². The van der Waals surface area contributed by atoms with Gasteiger partial charge < -0.3 is 9.88 Å². The summed E-state index contributed by atoms with van der Waals surface area (Å²) in [4.78, 5) is 34.8. The maximum atomic E-state index is 14.7. The van der Waals surface area contributed by atoms with Crippen molar-refractivity contribution in [3.63, 3.8) is 0 Å². The number of aryl methyl sites for hydroxylation is 2. The second kappa shape index (κ2) is 12.7. The minimum absolute atomic E-state index is 0.0157. The van der Waals surface area contributed by atoms with E-state index in [1.54, 1.807) is 19.9 Å². The number of hydrogen-bond acceptors (Lipinski definition) is 6. The number of nitrogens with zero attached hydrogens (tertiary/aromatic N) is 5. The minimum atomic E-state index is -3.33. The molecule has 3 heterocycles. The van der Waals surface area contributed by atoms with Crippen molar-refractivity contribution in [2.24, 2.45) is 7.05 Å². The number of nitrogens with one attached hydrogen (secondary N) is 1. The van der Waals surface area contributed by atoms with E-state index in [0.29, 0.717) is 23.3 Å². The third-order valence-corrected chi connectivity index (χ3v) is 6.94. The highest BCUT2D eigenvalue weighted by molar-refractivity contribution is 5.89. The monoisotopic (exact) mass is 612 g/mol. The number of aromatic nitrogens is 5. The molecular weight excluding hydrogens is 583 g/mol. The highest BCUT2D eigenvalue weighted by atomic mass is 19.3. The van der Waals surface area contributed by atoms with Crippen LogP contribution in [0.5, 0.6) is 0 Å². The predicted molar refractivity (Wildman–Crippen MR) is 158 cm³/mol. The summed E-state index contributed by atoms with van der Waals surface area (Å²) in [6.07, 6.45) is -0.481. The fourth-order valence-electron chi connectivity index (χ4n) is 4.87. The molecule has 5 rings (SSSR count). The van der Waals surface area contributed by atoms with Gasteiger partial charge in [-0.3, -0.25) is 9.59 Å². The fourth-order valence-corrected chi connectivity index (χ4v) is 4.87. The first-order chi connectivity index (χ1) is 20.9. The van der Waals surface area contributed by atoms with Crippen molar-refractivity contribution in [1.82, 2.24) is 24.3 Å². The largest absolute Gasteiger partial charge is 0.378 e. The highest BCUT2D eigenvalue weighted by Crippen LogP contribution is 2.35. The molecule has 2 aromatic carbocycles. The van der Waals surface area contributed by atoms with Crippen molar-refractivity contribution in [3.05, 3.63) is 110 Å². The van der Waals surface area contributed by atoms with Gasteiger partial charge in [0.2, 0.25) is 0 Å². The highest BCUT2D eigenvalue weighted by Gasteiger charge is 2.24. The second-order valence-electron chi connectivity index (χ2n) is 9.72. The van der Waals surface area contributed by atoms with Crippen LogP contribution >= 0.6 is 0 Å². The van der Waals surface area contributed by atoms with Gasteiger partial charge in [0.05, 0.1) is 34.7 Å². The van der Waals surface area contributed by atoms with Crippen LogP contribution < -0.4 is 16.4 Å². The second-order valence-corrected chi connectivity index (χ2v) is 9.72. The molecule has 3 aromatic heterocycles. The van der Waals surface area contributed by atoms with Crippen LogP contribution in [0.1, 0.15) is 55.9 Å². The van der Waals surface area contributed by atoms with E-state index in [0.717, 1.165) is 22.9 Å². The maximum Gasteiger partial charge on any atom is 0.272 e. The molecule has 230 valence electrons. The van der Waals surface area contributed by atoms with Gasteiger partial charge in [0.1, 0.15) is 17.3 Å². The number of hydrogen-bond donors (Lipinski definition) is 1. The van der Waals surface area contributed by atoms with Crippen molar-refractivity contribution in [3.8, 4) is 16.9 Å². The molecule has 0 aliphatic heterocycles. The maximum absolute atomic E-state index is 14.7. The number of benzene rings is 2. The fraction of sp³-hybridized carbons (Fsp3) is 0.258. The quantitative estimate of drug-likeness (QED) is 0.214. The van der Waals surface area contributed by atoms with Crippen molar-refractivity contribution >= 4 is 16.5 Å². The van der Waals surface area contributed by atoms with Crippen LogP contribution in [0.15, 0.2) is 58.4 Å². The summed E-state index contributed by atoms with van der Waals surface area (Å²) in [7, 11) is 1.45. The van der Waals surface area contributed by atoms with E-state index in [2.05, 4.69) is 20.4 Å². The Labute approximate surface area is 248 Å². The Morgan fingerprint density at radius 1 is 0.932 bits per heavy atom. The Balaban J connectivity index is 0.00000216. The van der Waals surface area contributed by atoms with Crippen molar-refractivity contribution in [2.45, 2.75) is 47.1 Å². The van der Waals surface area contributed by atoms with E-state index in [1.165, 1.54) is 37.0 Å². The Kier molecular flexibility index (Phi) is 9.26. The van der Waals surface area contributed by atoms with Gasteiger partial charge in [0.15, 0.2) is 11.6 Å². The Morgan fingerprint density at radius 3 is 2.27 bits per heavy atom. The van der Waals surface area contributed by atoms with Gasteiger partial charge in [-0.2, -0.15) is 9.78 Å². The van der Waals surface area contributed by atoms with Gasteiger partial charge in [0.25, 0.3) is 17.5 Å². The van der Waals surface area contributed by atoms with E-state index >= 15 is 0 Å². The van der Waals surface area contributed by atoms with Gasteiger partial charge in [0, 0.05) is 30.4 Å². The van der Waals surface area contributed by atoms with Crippen molar-refractivity contribution < 1.29 is 22.0 Å². The Hall–Kier alpha value is -4.94. The molecule has 44 heavy (non-hydrogen) atoms. The number of alkyl halides is 2. The molecule has 0 amide bonds. The van der Waals surface area contributed by atoms with E-state index in [-0.39, 0.29) is 33.3 Å². The van der Waals surface area contributed by atoms with Gasteiger partial charge in [-0.15, -0.1) is 0 Å². The average molecular weight is 613 g/mol. The molecule has 0 aliphatic carbocycles. The SMILES string of the molecule is CC.Cc1ncc(-n2ncc(-c3cc4c(C(C)Nc5ccc(F)c(F)c5C(F)F)cc(F)cc4c(=O)n3C)cc2=O)c(C)n1. The van der Waals surface area contributed by atoms with E-state index in [9.17, 15) is 31.5 Å². The Morgan fingerprint density at radius 2 is 1.64 bits per heavy atom. The van der Waals surface area contributed by atoms with E-state index in [1.807, 2.05) is 13.8 Å². The van der Waals surface area contributed by atoms with Crippen molar-refractivity contribution in [2.75, 3.05) is 5.32 Å². The van der Waals surface area contributed by atoms with Gasteiger partial charge in [-0.25, -0.2) is 31.9 Å². The molecule has 0 fully saturated rings. The first-order valence-electron chi connectivity index (χ1n) is 13.6. The van der Waals surface area contributed by atoms with E-state index < -0.39 is 46.6 Å². The smallest absolute Gasteiger partial charge is 0.272 e. The molecule has 5 aromatic rings. The van der Waals surface area contributed by atoms with Crippen LogP contribution in [0.4, 0.5) is 27.6 Å². The molecule has 8 nitrogen and oxygen atoms in total. The summed E-state index contributed by atoms with van der Waals surface area (Å²) >= 11 is 0. The average Bonchev–Trinajstić information content (AvgIpc) is 2.98. The summed E-state index contributed by atoms with van der Waals surface area (Å²) in [5.41, 5.74) is -1.04. The molecule has 0 bridgehead atoms. The number of rotatable bonds is 6. The molecule has 0 saturated carbocycles. The number of fused-ring (bicyclic) bond motifs is 1. The summed E-state index contributed by atoms with van der Waals surface area (Å²) < 4.78 is 72.1. The lowest BCUT2D eigenvalue weighted by Crippen LogP contribution is -2.24. The van der Waals surface area contributed by atoms with Crippen LogP contribution in [0.25, 0.3) is 27.7 Å². The predicted octanol–water partition coefficient (Wildman–Crippen LogP) is 6.71. The summed E-state index contributed by atoms with van der Waals surface area (Å²) in [5.74, 6) is -3.38. The van der Waals surface area contributed by atoms with Gasteiger partial charge in [-0.05, 0) is 62.1 Å². The molecule has 1 unspecified atom stereocenters. The number of pyridine rings is 1. The first kappa shape index (κ1) is 32.0. The van der Waals surface area contributed by atoms with Crippen LogP contribution in [0.3, 0.4) is 0 Å². The van der Waals surface area contributed by atoms with Crippen LogP contribution in [0, 0.1) is 31.3 Å². The summed E-state index contributed by atoms with van der Waals surface area (Å²) in [6.45, 7) is 8.92. The normalized spacial score (nSPS) is 11.8. The third kappa shape index (κ3) is 5.94.